The summed E-state index contributed by atoms with van der Waals surface area (Å²) in [5, 5.41) is 3.44. The van der Waals surface area contributed by atoms with E-state index in [0.717, 1.165) is 55.4 Å². The number of piperazine rings is 1. The van der Waals surface area contributed by atoms with E-state index in [0.29, 0.717) is 6.04 Å². The second-order valence-corrected chi connectivity index (χ2v) is 6.24. The summed E-state index contributed by atoms with van der Waals surface area (Å²) in [6.07, 6.45) is 4.81. The van der Waals surface area contributed by atoms with Gasteiger partial charge in [0.2, 0.25) is 0 Å². The third kappa shape index (κ3) is 6.38. The van der Waals surface area contributed by atoms with Crippen molar-refractivity contribution < 1.29 is 14.2 Å². The van der Waals surface area contributed by atoms with Crippen molar-refractivity contribution in [3.63, 3.8) is 0 Å². The van der Waals surface area contributed by atoms with Crippen LogP contribution >= 0.6 is 24.8 Å². The van der Waals surface area contributed by atoms with Crippen LogP contribution in [0, 0.1) is 0 Å². The molecule has 0 aromatic heterocycles. The number of halogens is 2. The molecule has 1 aliphatic heterocycles. The van der Waals surface area contributed by atoms with E-state index in [4.69, 9.17) is 14.2 Å². The summed E-state index contributed by atoms with van der Waals surface area (Å²) in [5.41, 5.74) is 1.15. The Bertz CT molecular complexity index is 487. The summed E-state index contributed by atoms with van der Waals surface area (Å²) in [5.74, 6) is 2.47. The largest absolute Gasteiger partial charge is 0.496 e. The molecule has 1 atom stereocenters. The number of hydrogen-bond acceptors (Lipinski definition) is 5. The molecule has 1 N–H and O–H groups in total. The average molecular weight is 409 g/mol. The van der Waals surface area contributed by atoms with Gasteiger partial charge in [-0.1, -0.05) is 26.2 Å². The van der Waals surface area contributed by atoms with E-state index in [9.17, 15) is 0 Å². The van der Waals surface area contributed by atoms with Crippen molar-refractivity contribution in [1.29, 1.82) is 0 Å². The Morgan fingerprint density at radius 1 is 0.962 bits per heavy atom. The minimum absolute atomic E-state index is 0. The van der Waals surface area contributed by atoms with Crippen LogP contribution in [0.5, 0.6) is 17.2 Å². The van der Waals surface area contributed by atoms with E-state index in [1.165, 1.54) is 19.3 Å². The normalized spacial score (nSPS) is 15.4. The van der Waals surface area contributed by atoms with E-state index < -0.39 is 0 Å². The maximum absolute atomic E-state index is 5.71. The highest BCUT2D eigenvalue weighted by Gasteiger charge is 2.28. The molecule has 1 heterocycles. The van der Waals surface area contributed by atoms with Crippen LogP contribution in [0.2, 0.25) is 0 Å². The summed E-state index contributed by atoms with van der Waals surface area (Å²) in [6, 6.07) is 4.24. The fraction of sp³-hybridized carbons (Fsp3) is 0.684. The predicted octanol–water partition coefficient (Wildman–Crippen LogP) is 4.08. The predicted molar refractivity (Wildman–Crippen MR) is 112 cm³/mol. The molecule has 1 aliphatic rings. The van der Waals surface area contributed by atoms with Gasteiger partial charge < -0.3 is 19.5 Å². The third-order valence-electron chi connectivity index (χ3n) is 4.76. The van der Waals surface area contributed by atoms with Gasteiger partial charge in [-0.25, -0.2) is 0 Å². The molecule has 0 saturated carbocycles. The lowest BCUT2D eigenvalue weighted by Crippen LogP contribution is -2.45. The van der Waals surface area contributed by atoms with Crippen molar-refractivity contribution in [1.82, 2.24) is 10.2 Å². The van der Waals surface area contributed by atoms with Crippen LogP contribution in [0.4, 0.5) is 0 Å². The standard InChI is InChI=1S/C19H32N2O3.2ClH/c1-5-6-7-8-16(21-11-9-20-10-12-21)19-17(23-3)13-15(22-2)14-18(19)24-4;;/h13-14,16,20H,5-12H2,1-4H3;2*1H/t16-;;/m1../s1. The smallest absolute Gasteiger partial charge is 0.131 e. The Labute approximate surface area is 170 Å². The Kier molecular flexibility index (Phi) is 12.9. The van der Waals surface area contributed by atoms with Crippen molar-refractivity contribution in [2.45, 2.75) is 38.6 Å². The number of ether oxygens (including phenoxy) is 3. The molecule has 5 nitrogen and oxygen atoms in total. The molecule has 1 saturated heterocycles. The molecule has 0 bridgehead atoms. The SMILES string of the molecule is CCCCC[C@H](c1c(OC)cc(OC)cc1OC)N1CCNCC1.Cl.Cl. The van der Waals surface area contributed by atoms with Gasteiger partial charge in [-0.3, -0.25) is 4.90 Å². The first-order valence-electron chi connectivity index (χ1n) is 8.99. The molecule has 152 valence electrons. The monoisotopic (exact) mass is 408 g/mol. The van der Waals surface area contributed by atoms with Crippen LogP contribution < -0.4 is 19.5 Å². The lowest BCUT2D eigenvalue weighted by molar-refractivity contribution is 0.157. The maximum atomic E-state index is 5.71. The van der Waals surface area contributed by atoms with E-state index in [2.05, 4.69) is 17.1 Å². The molecular weight excluding hydrogens is 375 g/mol. The Morgan fingerprint density at radius 3 is 2.00 bits per heavy atom. The zero-order valence-electron chi connectivity index (χ0n) is 16.4. The Morgan fingerprint density at radius 2 is 1.54 bits per heavy atom. The van der Waals surface area contributed by atoms with Crippen molar-refractivity contribution in [2.24, 2.45) is 0 Å². The van der Waals surface area contributed by atoms with Crippen molar-refractivity contribution in [3.05, 3.63) is 17.7 Å². The minimum Gasteiger partial charge on any atom is -0.496 e. The van der Waals surface area contributed by atoms with Gasteiger partial charge in [-0.2, -0.15) is 0 Å². The van der Waals surface area contributed by atoms with E-state index in [1.54, 1.807) is 21.3 Å². The lowest BCUT2D eigenvalue weighted by atomic mass is 9.96. The molecule has 2 rings (SSSR count). The van der Waals surface area contributed by atoms with Gasteiger partial charge in [0, 0.05) is 44.4 Å². The van der Waals surface area contributed by atoms with Gasteiger partial charge >= 0.3 is 0 Å². The minimum atomic E-state index is 0. The topological polar surface area (TPSA) is 43.0 Å². The molecule has 26 heavy (non-hydrogen) atoms. The van der Waals surface area contributed by atoms with Crippen molar-refractivity contribution >= 4 is 24.8 Å². The third-order valence-corrected chi connectivity index (χ3v) is 4.76. The fourth-order valence-electron chi connectivity index (χ4n) is 3.45. The molecule has 0 aliphatic carbocycles. The summed E-state index contributed by atoms with van der Waals surface area (Å²) >= 11 is 0. The van der Waals surface area contributed by atoms with Crippen molar-refractivity contribution in [2.75, 3.05) is 47.5 Å². The van der Waals surface area contributed by atoms with Crippen LogP contribution in [0.25, 0.3) is 0 Å². The maximum Gasteiger partial charge on any atom is 0.131 e. The second-order valence-electron chi connectivity index (χ2n) is 6.24. The molecule has 1 aromatic carbocycles. The molecule has 7 heteroatoms. The quantitative estimate of drug-likeness (QED) is 0.623. The number of nitrogens with one attached hydrogen (secondary N) is 1. The van der Waals surface area contributed by atoms with Crippen LogP contribution in [0.1, 0.15) is 44.2 Å². The van der Waals surface area contributed by atoms with Crippen LogP contribution in [0.3, 0.4) is 0 Å². The number of hydrogen-bond donors (Lipinski definition) is 1. The lowest BCUT2D eigenvalue weighted by Gasteiger charge is -2.36. The van der Waals surface area contributed by atoms with Gasteiger partial charge in [0.25, 0.3) is 0 Å². The zero-order valence-corrected chi connectivity index (χ0v) is 18.0. The molecule has 0 radical (unpaired) electrons. The fourth-order valence-corrected chi connectivity index (χ4v) is 3.45. The number of methoxy groups -OCH3 is 3. The number of rotatable bonds is 9. The van der Waals surface area contributed by atoms with E-state index >= 15 is 0 Å². The molecular formula is C19H34Cl2N2O3. The van der Waals surface area contributed by atoms with Gasteiger partial charge in [0.05, 0.1) is 26.9 Å². The summed E-state index contributed by atoms with van der Waals surface area (Å²) < 4.78 is 16.8. The molecule has 1 fully saturated rings. The molecule has 1 aromatic rings. The van der Waals surface area contributed by atoms with Gasteiger partial charge in [-0.05, 0) is 6.42 Å². The summed E-state index contributed by atoms with van der Waals surface area (Å²) in [6.45, 7) is 6.41. The highest BCUT2D eigenvalue weighted by molar-refractivity contribution is 5.85. The van der Waals surface area contributed by atoms with E-state index in [-0.39, 0.29) is 24.8 Å². The van der Waals surface area contributed by atoms with Gasteiger partial charge in [0.1, 0.15) is 17.2 Å². The first kappa shape index (κ1) is 25.1. The van der Waals surface area contributed by atoms with Gasteiger partial charge in [-0.15, -0.1) is 24.8 Å². The number of unbranched alkanes of at least 4 members (excludes halogenated alkanes) is 2. The van der Waals surface area contributed by atoms with Gasteiger partial charge in [0.15, 0.2) is 0 Å². The number of benzene rings is 1. The first-order valence-corrected chi connectivity index (χ1v) is 8.99. The Balaban J connectivity index is 0.00000312. The first-order chi connectivity index (χ1) is 11.7. The zero-order chi connectivity index (χ0) is 17.4. The molecule has 0 spiro atoms. The summed E-state index contributed by atoms with van der Waals surface area (Å²) in [7, 11) is 5.11. The highest BCUT2D eigenvalue weighted by Crippen LogP contribution is 2.42. The highest BCUT2D eigenvalue weighted by atomic mass is 35.5. The second kappa shape index (κ2) is 13.3. The van der Waals surface area contributed by atoms with Crippen molar-refractivity contribution in [3.8, 4) is 17.2 Å². The Hall–Kier alpha value is -0.880. The summed E-state index contributed by atoms with van der Waals surface area (Å²) in [4.78, 5) is 2.55. The number of nitrogens with zero attached hydrogens (tertiary/aromatic N) is 1. The van der Waals surface area contributed by atoms with Crippen LogP contribution in [-0.2, 0) is 0 Å². The molecule has 0 unspecified atom stereocenters. The average Bonchev–Trinajstić information content (AvgIpc) is 2.65. The van der Waals surface area contributed by atoms with Crippen LogP contribution in [-0.4, -0.2) is 52.4 Å². The van der Waals surface area contributed by atoms with Crippen LogP contribution in [0.15, 0.2) is 12.1 Å². The molecule has 0 amide bonds. The van der Waals surface area contributed by atoms with E-state index in [1.807, 2.05) is 12.1 Å².